The molecule has 0 heterocycles. The first-order chi connectivity index (χ1) is 9.99. The zero-order valence-corrected chi connectivity index (χ0v) is 11.6. The van der Waals surface area contributed by atoms with Crippen molar-refractivity contribution in [2.75, 3.05) is 5.73 Å². The number of rotatable bonds is 4. The Morgan fingerprint density at radius 3 is 2.38 bits per heavy atom. The summed E-state index contributed by atoms with van der Waals surface area (Å²) in [5.41, 5.74) is 7.14. The summed E-state index contributed by atoms with van der Waals surface area (Å²) in [6, 6.07) is 13.3. The van der Waals surface area contributed by atoms with Gasteiger partial charge in [0.25, 0.3) is 0 Å². The average molecular weight is 281 g/mol. The number of hydrogen-bond donors (Lipinski definition) is 1. The Kier molecular flexibility index (Phi) is 4.18. The molecule has 0 atom stereocenters. The molecule has 0 aliphatic heterocycles. The molecule has 0 fully saturated rings. The summed E-state index contributed by atoms with van der Waals surface area (Å²) < 4.78 is 5.19. The van der Waals surface area contributed by atoms with Gasteiger partial charge in [-0.15, -0.1) is 0 Å². The Morgan fingerprint density at radius 1 is 1.10 bits per heavy atom. The predicted octanol–water partition coefficient (Wildman–Crippen LogP) is 2.98. The molecule has 0 unspecified atom stereocenters. The van der Waals surface area contributed by atoms with E-state index in [4.69, 9.17) is 10.5 Å². The molecule has 0 aliphatic rings. The molecule has 0 aliphatic carbocycles. The SMILES string of the molecule is C=C(C)C(=O)Oc1cc(N)ccc1C(=O)c1ccccc1. The highest BCUT2D eigenvalue weighted by molar-refractivity contribution is 6.11. The normalized spacial score (nSPS) is 9.95. The number of hydrogen-bond acceptors (Lipinski definition) is 4. The summed E-state index contributed by atoms with van der Waals surface area (Å²) in [6.07, 6.45) is 0. The molecule has 4 heteroatoms. The first-order valence-electron chi connectivity index (χ1n) is 6.36. The van der Waals surface area contributed by atoms with Crippen molar-refractivity contribution in [1.82, 2.24) is 0 Å². The highest BCUT2D eigenvalue weighted by Crippen LogP contribution is 2.25. The van der Waals surface area contributed by atoms with Crippen LogP contribution in [-0.4, -0.2) is 11.8 Å². The monoisotopic (exact) mass is 281 g/mol. The van der Waals surface area contributed by atoms with Gasteiger partial charge in [-0.2, -0.15) is 0 Å². The maximum absolute atomic E-state index is 12.5. The van der Waals surface area contributed by atoms with Crippen molar-refractivity contribution in [1.29, 1.82) is 0 Å². The number of nitrogen functional groups attached to an aromatic ring is 1. The lowest BCUT2D eigenvalue weighted by Crippen LogP contribution is -2.12. The molecule has 2 aromatic carbocycles. The second kappa shape index (κ2) is 6.05. The number of carbonyl (C=O) groups is 2. The van der Waals surface area contributed by atoms with Crippen LogP contribution in [0, 0.1) is 0 Å². The summed E-state index contributed by atoms with van der Waals surface area (Å²) in [4.78, 5) is 24.1. The number of esters is 1. The Labute approximate surface area is 122 Å². The van der Waals surface area contributed by atoms with Gasteiger partial charge in [-0.25, -0.2) is 4.79 Å². The van der Waals surface area contributed by atoms with E-state index in [1.165, 1.54) is 13.0 Å². The molecule has 0 aromatic heterocycles. The molecule has 0 saturated carbocycles. The maximum atomic E-state index is 12.5. The van der Waals surface area contributed by atoms with E-state index in [1.54, 1.807) is 36.4 Å². The maximum Gasteiger partial charge on any atom is 0.338 e. The average Bonchev–Trinajstić information content (AvgIpc) is 2.47. The molecule has 0 radical (unpaired) electrons. The van der Waals surface area contributed by atoms with Crippen molar-refractivity contribution >= 4 is 17.4 Å². The van der Waals surface area contributed by atoms with Gasteiger partial charge in [-0.1, -0.05) is 36.9 Å². The zero-order valence-electron chi connectivity index (χ0n) is 11.6. The van der Waals surface area contributed by atoms with E-state index >= 15 is 0 Å². The van der Waals surface area contributed by atoms with E-state index in [0.29, 0.717) is 11.3 Å². The Balaban J connectivity index is 2.42. The molecular weight excluding hydrogens is 266 g/mol. The van der Waals surface area contributed by atoms with Crippen LogP contribution in [0.5, 0.6) is 5.75 Å². The van der Waals surface area contributed by atoms with E-state index in [-0.39, 0.29) is 22.7 Å². The number of anilines is 1. The lowest BCUT2D eigenvalue weighted by Gasteiger charge is -2.10. The van der Waals surface area contributed by atoms with Crippen molar-refractivity contribution in [3.05, 3.63) is 71.8 Å². The fraction of sp³-hybridized carbons (Fsp3) is 0.0588. The van der Waals surface area contributed by atoms with E-state index in [0.717, 1.165) is 0 Å². The summed E-state index contributed by atoms with van der Waals surface area (Å²) in [6.45, 7) is 5.05. The van der Waals surface area contributed by atoms with Crippen LogP contribution in [0.2, 0.25) is 0 Å². The molecular formula is C17H15NO3. The predicted molar refractivity (Wildman–Crippen MR) is 81.2 cm³/mol. The second-order valence-electron chi connectivity index (χ2n) is 4.62. The zero-order chi connectivity index (χ0) is 15.4. The van der Waals surface area contributed by atoms with Crippen LogP contribution in [0.25, 0.3) is 0 Å². The second-order valence-corrected chi connectivity index (χ2v) is 4.62. The molecule has 2 aromatic rings. The molecule has 2 N–H and O–H groups in total. The van der Waals surface area contributed by atoms with Gasteiger partial charge >= 0.3 is 5.97 Å². The highest BCUT2D eigenvalue weighted by Gasteiger charge is 2.17. The minimum absolute atomic E-state index is 0.136. The summed E-state index contributed by atoms with van der Waals surface area (Å²) in [7, 11) is 0. The van der Waals surface area contributed by atoms with Crippen LogP contribution in [0.3, 0.4) is 0 Å². The van der Waals surface area contributed by atoms with Crippen LogP contribution in [-0.2, 0) is 4.79 Å². The third-order valence-electron chi connectivity index (χ3n) is 2.84. The minimum atomic E-state index is -0.595. The topological polar surface area (TPSA) is 69.4 Å². The summed E-state index contributed by atoms with van der Waals surface area (Å²) in [5, 5.41) is 0. The molecule has 0 amide bonds. The van der Waals surface area contributed by atoms with E-state index in [2.05, 4.69) is 6.58 Å². The van der Waals surface area contributed by atoms with Crippen LogP contribution in [0.4, 0.5) is 5.69 Å². The molecule has 106 valence electrons. The molecule has 21 heavy (non-hydrogen) atoms. The third-order valence-corrected chi connectivity index (χ3v) is 2.84. The fourth-order valence-electron chi connectivity index (χ4n) is 1.74. The Hall–Kier alpha value is -2.88. The molecule has 0 saturated heterocycles. The van der Waals surface area contributed by atoms with Gasteiger partial charge in [0.2, 0.25) is 0 Å². The van der Waals surface area contributed by atoms with Crippen LogP contribution >= 0.6 is 0 Å². The smallest absolute Gasteiger partial charge is 0.338 e. The van der Waals surface area contributed by atoms with Crippen molar-refractivity contribution < 1.29 is 14.3 Å². The van der Waals surface area contributed by atoms with Crippen LogP contribution in [0.15, 0.2) is 60.7 Å². The Bertz CT molecular complexity index is 705. The third kappa shape index (κ3) is 3.36. The molecule has 0 spiro atoms. The molecule has 0 bridgehead atoms. The lowest BCUT2D eigenvalue weighted by atomic mass is 10.0. The van der Waals surface area contributed by atoms with Crippen LogP contribution in [0.1, 0.15) is 22.8 Å². The number of benzene rings is 2. The number of ether oxygens (including phenoxy) is 1. The largest absolute Gasteiger partial charge is 0.422 e. The number of ketones is 1. The number of nitrogens with two attached hydrogens (primary N) is 1. The highest BCUT2D eigenvalue weighted by atomic mass is 16.5. The van der Waals surface area contributed by atoms with E-state index in [1.807, 2.05) is 6.07 Å². The molecule has 4 nitrogen and oxygen atoms in total. The van der Waals surface area contributed by atoms with Crippen molar-refractivity contribution in [2.45, 2.75) is 6.92 Å². The van der Waals surface area contributed by atoms with Gasteiger partial charge in [-0.05, 0) is 19.1 Å². The van der Waals surface area contributed by atoms with Crippen molar-refractivity contribution in [3.63, 3.8) is 0 Å². The van der Waals surface area contributed by atoms with Gasteiger partial charge in [0.05, 0.1) is 5.56 Å². The first-order valence-corrected chi connectivity index (χ1v) is 6.36. The van der Waals surface area contributed by atoms with Gasteiger partial charge in [-0.3, -0.25) is 4.79 Å². The van der Waals surface area contributed by atoms with Gasteiger partial charge < -0.3 is 10.5 Å². The molecule has 2 rings (SSSR count). The fourth-order valence-corrected chi connectivity index (χ4v) is 1.74. The summed E-state index contributed by atoms with van der Waals surface area (Å²) in [5.74, 6) is -0.695. The van der Waals surface area contributed by atoms with Gasteiger partial charge in [0.1, 0.15) is 5.75 Å². The van der Waals surface area contributed by atoms with E-state index < -0.39 is 5.97 Å². The van der Waals surface area contributed by atoms with Crippen molar-refractivity contribution in [3.8, 4) is 5.75 Å². The number of carbonyl (C=O) groups excluding carboxylic acids is 2. The van der Waals surface area contributed by atoms with Crippen molar-refractivity contribution in [2.24, 2.45) is 0 Å². The first kappa shape index (κ1) is 14.5. The summed E-state index contributed by atoms with van der Waals surface area (Å²) >= 11 is 0. The Morgan fingerprint density at radius 2 is 1.76 bits per heavy atom. The van der Waals surface area contributed by atoms with Crippen LogP contribution < -0.4 is 10.5 Å². The van der Waals surface area contributed by atoms with Gasteiger partial charge in [0.15, 0.2) is 5.78 Å². The van der Waals surface area contributed by atoms with E-state index in [9.17, 15) is 9.59 Å². The quantitative estimate of drug-likeness (QED) is 0.307. The van der Waals surface area contributed by atoms with Gasteiger partial charge in [0, 0.05) is 22.9 Å². The standard InChI is InChI=1S/C17H15NO3/c1-11(2)17(20)21-15-10-13(18)8-9-14(15)16(19)12-6-4-3-5-7-12/h3-10H,1,18H2,2H3. The lowest BCUT2D eigenvalue weighted by molar-refractivity contribution is -0.130. The minimum Gasteiger partial charge on any atom is -0.422 e.